The van der Waals surface area contributed by atoms with E-state index in [0.29, 0.717) is 17.9 Å². The van der Waals surface area contributed by atoms with Crippen molar-refractivity contribution in [3.63, 3.8) is 0 Å². The van der Waals surface area contributed by atoms with Crippen molar-refractivity contribution in [3.8, 4) is 5.88 Å². The Hall–Kier alpha value is -1.95. The van der Waals surface area contributed by atoms with Gasteiger partial charge in [0.05, 0.1) is 12.3 Å². The zero-order valence-corrected chi connectivity index (χ0v) is 13.7. The van der Waals surface area contributed by atoms with Gasteiger partial charge in [-0.15, -0.1) is 10.2 Å². The van der Waals surface area contributed by atoms with Crippen LogP contribution in [0.15, 0.2) is 16.5 Å². The van der Waals surface area contributed by atoms with Gasteiger partial charge in [-0.25, -0.2) is 4.98 Å². The van der Waals surface area contributed by atoms with Crippen LogP contribution in [0.4, 0.5) is 0 Å². The van der Waals surface area contributed by atoms with Gasteiger partial charge < -0.3 is 9.15 Å². The SMILES string of the molecule is Cc1nnc(C2CCN(C(C)c3ccc4c(n3)OCC4)CC2)o1. The van der Waals surface area contributed by atoms with Gasteiger partial charge in [-0.05, 0) is 38.9 Å². The fourth-order valence-corrected chi connectivity index (χ4v) is 3.49. The van der Waals surface area contributed by atoms with Crippen molar-refractivity contribution in [2.75, 3.05) is 19.7 Å². The topological polar surface area (TPSA) is 64.3 Å². The molecule has 1 saturated heterocycles. The minimum Gasteiger partial charge on any atom is -0.477 e. The van der Waals surface area contributed by atoms with Gasteiger partial charge in [-0.1, -0.05) is 6.07 Å². The molecule has 2 aliphatic heterocycles. The molecule has 0 spiro atoms. The lowest BCUT2D eigenvalue weighted by Crippen LogP contribution is -2.35. The van der Waals surface area contributed by atoms with E-state index in [1.54, 1.807) is 0 Å². The van der Waals surface area contributed by atoms with Gasteiger partial charge in [0.2, 0.25) is 17.7 Å². The van der Waals surface area contributed by atoms with Crippen LogP contribution in [0.5, 0.6) is 5.88 Å². The molecule has 0 aliphatic carbocycles. The number of hydrogen-bond donors (Lipinski definition) is 0. The number of fused-ring (bicyclic) bond motifs is 1. The van der Waals surface area contributed by atoms with Crippen molar-refractivity contribution in [3.05, 3.63) is 35.2 Å². The highest BCUT2D eigenvalue weighted by Gasteiger charge is 2.28. The van der Waals surface area contributed by atoms with Crippen LogP contribution in [0.1, 0.15) is 54.8 Å². The number of pyridine rings is 1. The summed E-state index contributed by atoms with van der Waals surface area (Å²) in [5.41, 5.74) is 2.32. The van der Waals surface area contributed by atoms with E-state index in [2.05, 4.69) is 34.2 Å². The molecule has 0 radical (unpaired) electrons. The van der Waals surface area contributed by atoms with Crippen molar-refractivity contribution in [2.24, 2.45) is 0 Å². The summed E-state index contributed by atoms with van der Waals surface area (Å²) in [6, 6.07) is 4.61. The molecule has 6 heteroatoms. The first-order valence-electron chi connectivity index (χ1n) is 8.37. The van der Waals surface area contributed by atoms with Crippen LogP contribution in [0.3, 0.4) is 0 Å². The highest BCUT2D eigenvalue weighted by molar-refractivity contribution is 5.32. The van der Waals surface area contributed by atoms with Crippen LogP contribution < -0.4 is 4.74 Å². The van der Waals surface area contributed by atoms with E-state index in [9.17, 15) is 0 Å². The maximum atomic E-state index is 5.60. The number of aryl methyl sites for hydroxylation is 1. The smallest absolute Gasteiger partial charge is 0.219 e. The molecule has 0 saturated carbocycles. The lowest BCUT2D eigenvalue weighted by Gasteiger charge is -2.34. The zero-order valence-electron chi connectivity index (χ0n) is 13.7. The quantitative estimate of drug-likeness (QED) is 0.868. The normalized spacial score (nSPS) is 20.3. The molecule has 122 valence electrons. The highest BCUT2D eigenvalue weighted by Crippen LogP contribution is 2.32. The average molecular weight is 314 g/mol. The van der Waals surface area contributed by atoms with Crippen LogP contribution in [0.2, 0.25) is 0 Å². The fourth-order valence-electron chi connectivity index (χ4n) is 3.49. The van der Waals surface area contributed by atoms with Crippen LogP contribution in [-0.2, 0) is 6.42 Å². The molecule has 0 bridgehead atoms. The largest absolute Gasteiger partial charge is 0.477 e. The summed E-state index contributed by atoms with van der Waals surface area (Å²) in [4.78, 5) is 7.18. The lowest BCUT2D eigenvalue weighted by molar-refractivity contribution is 0.151. The summed E-state index contributed by atoms with van der Waals surface area (Å²) in [6.07, 6.45) is 3.08. The second-order valence-corrected chi connectivity index (χ2v) is 6.44. The van der Waals surface area contributed by atoms with E-state index in [-0.39, 0.29) is 0 Å². The third-order valence-corrected chi connectivity index (χ3v) is 4.97. The molecule has 0 amide bonds. The zero-order chi connectivity index (χ0) is 15.8. The molecule has 1 fully saturated rings. The Kier molecular flexibility index (Phi) is 3.77. The van der Waals surface area contributed by atoms with E-state index in [1.807, 2.05) is 6.92 Å². The number of ether oxygens (including phenoxy) is 1. The second kappa shape index (κ2) is 5.92. The molecule has 0 N–H and O–H groups in total. The van der Waals surface area contributed by atoms with Crippen LogP contribution in [-0.4, -0.2) is 39.8 Å². The lowest BCUT2D eigenvalue weighted by atomic mass is 9.95. The highest BCUT2D eigenvalue weighted by atomic mass is 16.5. The molecule has 2 aromatic heterocycles. The second-order valence-electron chi connectivity index (χ2n) is 6.44. The monoisotopic (exact) mass is 314 g/mol. The maximum Gasteiger partial charge on any atom is 0.219 e. The summed E-state index contributed by atoms with van der Waals surface area (Å²) in [7, 11) is 0. The third kappa shape index (κ3) is 2.83. The standard InChI is InChI=1S/C17H22N4O2/c1-11(15-4-3-13-7-10-22-16(13)18-15)21-8-5-14(6-9-21)17-20-19-12(2)23-17/h3-4,11,14H,5-10H2,1-2H3. The Morgan fingerprint density at radius 1 is 1.22 bits per heavy atom. The number of hydrogen-bond acceptors (Lipinski definition) is 6. The molecular formula is C17H22N4O2. The van der Waals surface area contributed by atoms with Crippen LogP contribution in [0.25, 0.3) is 0 Å². The Morgan fingerprint density at radius 2 is 2.04 bits per heavy atom. The Bertz CT molecular complexity index is 692. The summed E-state index contributed by atoms with van der Waals surface area (Å²) in [5, 5.41) is 8.12. The van der Waals surface area contributed by atoms with Crippen LogP contribution >= 0.6 is 0 Å². The Morgan fingerprint density at radius 3 is 2.78 bits per heavy atom. The maximum absolute atomic E-state index is 5.60. The predicted octanol–water partition coefficient (Wildman–Crippen LogP) is 2.65. The number of aromatic nitrogens is 3. The van der Waals surface area contributed by atoms with Gasteiger partial charge in [0.25, 0.3) is 0 Å². The number of piperidine rings is 1. The number of likely N-dealkylation sites (tertiary alicyclic amines) is 1. The van der Waals surface area contributed by atoms with E-state index in [0.717, 1.165) is 56.4 Å². The van der Waals surface area contributed by atoms with Gasteiger partial charge in [-0.3, -0.25) is 4.90 Å². The Balaban J connectivity index is 1.41. The van der Waals surface area contributed by atoms with Gasteiger partial charge in [0.15, 0.2) is 0 Å². The molecule has 2 aromatic rings. The summed E-state index contributed by atoms with van der Waals surface area (Å²) in [5.74, 6) is 2.65. The van der Waals surface area contributed by atoms with Crippen molar-refractivity contribution >= 4 is 0 Å². The van der Waals surface area contributed by atoms with Crippen molar-refractivity contribution in [1.29, 1.82) is 0 Å². The first kappa shape index (κ1) is 14.6. The molecule has 23 heavy (non-hydrogen) atoms. The van der Waals surface area contributed by atoms with Gasteiger partial charge in [-0.2, -0.15) is 0 Å². The van der Waals surface area contributed by atoms with E-state index in [1.165, 1.54) is 5.56 Å². The van der Waals surface area contributed by atoms with Crippen LogP contribution in [0, 0.1) is 6.92 Å². The van der Waals surface area contributed by atoms with E-state index < -0.39 is 0 Å². The molecule has 1 atom stereocenters. The molecular weight excluding hydrogens is 292 g/mol. The minimum atomic E-state index is 0.301. The predicted molar refractivity (Wildman–Crippen MR) is 84.4 cm³/mol. The molecule has 2 aliphatic rings. The summed E-state index contributed by atoms with van der Waals surface area (Å²) >= 11 is 0. The van der Waals surface area contributed by atoms with Crippen molar-refractivity contribution in [2.45, 2.75) is 45.1 Å². The summed E-state index contributed by atoms with van der Waals surface area (Å²) in [6.45, 7) is 6.87. The fraction of sp³-hybridized carbons (Fsp3) is 0.588. The first-order chi connectivity index (χ1) is 11.2. The summed E-state index contributed by atoms with van der Waals surface area (Å²) < 4.78 is 11.2. The van der Waals surface area contributed by atoms with Gasteiger partial charge in [0.1, 0.15) is 0 Å². The molecule has 6 nitrogen and oxygen atoms in total. The average Bonchev–Trinajstić information content (AvgIpc) is 3.22. The van der Waals surface area contributed by atoms with E-state index >= 15 is 0 Å². The number of nitrogens with zero attached hydrogens (tertiary/aromatic N) is 4. The molecule has 4 rings (SSSR count). The molecule has 4 heterocycles. The van der Waals surface area contributed by atoms with Gasteiger partial charge >= 0.3 is 0 Å². The van der Waals surface area contributed by atoms with Crippen molar-refractivity contribution < 1.29 is 9.15 Å². The molecule has 1 unspecified atom stereocenters. The third-order valence-electron chi connectivity index (χ3n) is 4.97. The molecule has 0 aromatic carbocycles. The van der Waals surface area contributed by atoms with E-state index in [4.69, 9.17) is 14.1 Å². The number of rotatable bonds is 3. The Labute approximate surface area is 135 Å². The minimum absolute atomic E-state index is 0.301. The van der Waals surface area contributed by atoms with Crippen molar-refractivity contribution in [1.82, 2.24) is 20.1 Å². The first-order valence-corrected chi connectivity index (χ1v) is 8.37. The van der Waals surface area contributed by atoms with Gasteiger partial charge in [0, 0.05) is 30.9 Å².